The first-order chi connectivity index (χ1) is 9.03. The predicted molar refractivity (Wildman–Crippen MR) is 83.4 cm³/mol. The number of unbranched alkanes of at least 4 members (excludes halogenated alkanes) is 1. The topological polar surface area (TPSA) is 30.9 Å². The highest BCUT2D eigenvalue weighted by Crippen LogP contribution is 2.23. The third kappa shape index (κ3) is 3.38. The first-order valence-electron chi connectivity index (χ1n) is 7.28. The van der Waals surface area contributed by atoms with Crippen LogP contribution in [0.5, 0.6) is 0 Å². The summed E-state index contributed by atoms with van der Waals surface area (Å²) in [5.41, 5.74) is 8.78. The number of rotatable bonds is 6. The molecule has 0 radical (unpaired) electrons. The molecule has 0 bridgehead atoms. The van der Waals surface area contributed by atoms with Gasteiger partial charge in [0.25, 0.3) is 0 Å². The molecule has 2 N–H and O–H groups in total. The minimum absolute atomic E-state index is 0.286. The molecule has 2 heteroatoms. The number of aryl methyl sites for hydroxylation is 2. The van der Waals surface area contributed by atoms with Gasteiger partial charge in [-0.05, 0) is 49.2 Å². The zero-order valence-corrected chi connectivity index (χ0v) is 12.4. The number of fused-ring (bicyclic) bond motifs is 1. The third-order valence-electron chi connectivity index (χ3n) is 4.06. The molecule has 0 amide bonds. The van der Waals surface area contributed by atoms with Gasteiger partial charge in [-0.25, -0.2) is 0 Å². The fourth-order valence-corrected chi connectivity index (χ4v) is 2.62. The van der Waals surface area contributed by atoms with Gasteiger partial charge in [-0.3, -0.25) is 0 Å². The lowest BCUT2D eigenvalue weighted by Crippen LogP contribution is -2.23. The summed E-state index contributed by atoms with van der Waals surface area (Å²) in [5, 5.41) is 1.35. The van der Waals surface area contributed by atoms with Crippen molar-refractivity contribution in [1.82, 2.24) is 4.57 Å². The van der Waals surface area contributed by atoms with E-state index in [1.165, 1.54) is 35.9 Å². The molecule has 0 aliphatic carbocycles. The van der Waals surface area contributed by atoms with E-state index < -0.39 is 0 Å². The van der Waals surface area contributed by atoms with E-state index in [2.05, 4.69) is 55.7 Å². The van der Waals surface area contributed by atoms with E-state index in [0.717, 1.165) is 13.1 Å². The van der Waals surface area contributed by atoms with Gasteiger partial charge in [0.2, 0.25) is 0 Å². The van der Waals surface area contributed by atoms with Crippen LogP contribution in [-0.2, 0) is 6.54 Å². The van der Waals surface area contributed by atoms with Gasteiger partial charge in [0.05, 0.1) is 0 Å². The van der Waals surface area contributed by atoms with Crippen molar-refractivity contribution in [3.8, 4) is 0 Å². The van der Waals surface area contributed by atoms with Crippen LogP contribution in [0.3, 0.4) is 0 Å². The van der Waals surface area contributed by atoms with E-state index in [0.29, 0.717) is 0 Å². The minimum atomic E-state index is 0.286. The number of para-hydroxylation sites is 1. The Morgan fingerprint density at radius 2 is 1.89 bits per heavy atom. The Morgan fingerprint density at radius 3 is 2.63 bits per heavy atom. The van der Waals surface area contributed by atoms with Gasteiger partial charge in [-0.2, -0.15) is 0 Å². The molecule has 0 aliphatic rings. The fourth-order valence-electron chi connectivity index (χ4n) is 2.62. The first-order valence-corrected chi connectivity index (χ1v) is 7.28. The number of nitrogens with two attached hydrogens (primary N) is 1. The highest BCUT2D eigenvalue weighted by atomic mass is 15.0. The van der Waals surface area contributed by atoms with Gasteiger partial charge >= 0.3 is 0 Å². The summed E-state index contributed by atoms with van der Waals surface area (Å²) in [6.45, 7) is 8.59. The monoisotopic (exact) mass is 258 g/mol. The summed E-state index contributed by atoms with van der Waals surface area (Å²) in [4.78, 5) is 0. The average Bonchev–Trinajstić information content (AvgIpc) is 2.71. The van der Waals surface area contributed by atoms with Crippen LogP contribution in [0.4, 0.5) is 0 Å². The van der Waals surface area contributed by atoms with Gasteiger partial charge in [0.1, 0.15) is 0 Å². The van der Waals surface area contributed by atoms with Gasteiger partial charge in [0, 0.05) is 17.8 Å². The van der Waals surface area contributed by atoms with Crippen molar-refractivity contribution >= 4 is 10.9 Å². The smallest absolute Gasteiger partial charge is 0.0482 e. The van der Waals surface area contributed by atoms with E-state index in [1.54, 1.807) is 0 Å². The van der Waals surface area contributed by atoms with Gasteiger partial charge in [0.15, 0.2) is 0 Å². The zero-order valence-electron chi connectivity index (χ0n) is 12.4. The molecular formula is C17H26N2. The third-order valence-corrected chi connectivity index (χ3v) is 4.06. The minimum Gasteiger partial charge on any atom is -0.345 e. The Morgan fingerprint density at radius 1 is 1.16 bits per heavy atom. The quantitative estimate of drug-likeness (QED) is 0.777. The second-order valence-electron chi connectivity index (χ2n) is 6.32. The highest BCUT2D eigenvalue weighted by Gasteiger charge is 2.14. The molecule has 0 atom stereocenters. The molecule has 1 aromatic carbocycles. The van der Waals surface area contributed by atoms with E-state index in [9.17, 15) is 0 Å². The predicted octanol–water partition coefficient (Wildman–Crippen LogP) is 4.10. The molecule has 0 saturated carbocycles. The molecular weight excluding hydrogens is 232 g/mol. The van der Waals surface area contributed by atoms with Crippen LogP contribution in [0.1, 0.15) is 38.8 Å². The Labute approximate surface area is 116 Å². The van der Waals surface area contributed by atoms with Gasteiger partial charge < -0.3 is 10.3 Å². The molecule has 0 unspecified atom stereocenters. The highest BCUT2D eigenvalue weighted by molar-refractivity contribution is 5.81. The molecule has 104 valence electrons. The fraction of sp³-hybridized carbons (Fsp3) is 0.529. The average molecular weight is 258 g/mol. The van der Waals surface area contributed by atoms with Gasteiger partial charge in [-0.1, -0.05) is 38.5 Å². The van der Waals surface area contributed by atoms with Crippen LogP contribution < -0.4 is 5.73 Å². The number of benzene rings is 1. The molecule has 2 aromatic rings. The maximum absolute atomic E-state index is 5.78. The molecule has 19 heavy (non-hydrogen) atoms. The lowest BCUT2D eigenvalue weighted by molar-refractivity contribution is 0.329. The lowest BCUT2D eigenvalue weighted by Gasteiger charge is -2.22. The largest absolute Gasteiger partial charge is 0.345 e. The second-order valence-corrected chi connectivity index (χ2v) is 6.32. The van der Waals surface area contributed by atoms with Gasteiger partial charge in [-0.15, -0.1) is 0 Å². The SMILES string of the molecule is Cc1cc2ccccc2n1CCCCC(C)(C)CN. The maximum atomic E-state index is 5.78. The van der Waals surface area contributed by atoms with E-state index in [-0.39, 0.29) is 5.41 Å². The first kappa shape index (κ1) is 14.1. The van der Waals surface area contributed by atoms with Crippen LogP contribution in [0.25, 0.3) is 10.9 Å². The van der Waals surface area contributed by atoms with Crippen LogP contribution in [0.2, 0.25) is 0 Å². The van der Waals surface area contributed by atoms with Crippen molar-refractivity contribution < 1.29 is 0 Å². The molecule has 1 heterocycles. The van der Waals surface area contributed by atoms with Crippen LogP contribution >= 0.6 is 0 Å². The Balaban J connectivity index is 1.97. The molecule has 0 fully saturated rings. The molecule has 0 spiro atoms. The number of hydrogen-bond donors (Lipinski definition) is 1. The summed E-state index contributed by atoms with van der Waals surface area (Å²) < 4.78 is 2.44. The summed E-state index contributed by atoms with van der Waals surface area (Å²) in [5.74, 6) is 0. The summed E-state index contributed by atoms with van der Waals surface area (Å²) >= 11 is 0. The molecule has 0 aliphatic heterocycles. The van der Waals surface area contributed by atoms with Crippen molar-refractivity contribution in [3.63, 3.8) is 0 Å². The maximum Gasteiger partial charge on any atom is 0.0482 e. The molecule has 2 rings (SSSR count). The summed E-state index contributed by atoms with van der Waals surface area (Å²) in [6, 6.07) is 10.9. The normalized spacial score (nSPS) is 12.2. The van der Waals surface area contributed by atoms with E-state index in [4.69, 9.17) is 5.73 Å². The van der Waals surface area contributed by atoms with Crippen molar-refractivity contribution in [3.05, 3.63) is 36.0 Å². The van der Waals surface area contributed by atoms with Crippen molar-refractivity contribution in [2.75, 3.05) is 6.54 Å². The second kappa shape index (κ2) is 5.79. The number of aromatic nitrogens is 1. The zero-order chi connectivity index (χ0) is 13.9. The molecule has 2 nitrogen and oxygen atoms in total. The molecule has 0 saturated heterocycles. The number of hydrogen-bond acceptors (Lipinski definition) is 1. The summed E-state index contributed by atoms with van der Waals surface area (Å²) in [6.07, 6.45) is 3.68. The van der Waals surface area contributed by atoms with Crippen LogP contribution in [-0.4, -0.2) is 11.1 Å². The van der Waals surface area contributed by atoms with Crippen molar-refractivity contribution in [1.29, 1.82) is 0 Å². The van der Waals surface area contributed by atoms with Crippen LogP contribution in [0.15, 0.2) is 30.3 Å². The Hall–Kier alpha value is -1.28. The van der Waals surface area contributed by atoms with Crippen molar-refractivity contribution in [2.45, 2.75) is 46.6 Å². The standard InChI is InChI=1S/C17H26N2/c1-14-12-15-8-4-5-9-16(15)19(14)11-7-6-10-17(2,3)13-18/h4-5,8-9,12H,6-7,10-11,13,18H2,1-3H3. The van der Waals surface area contributed by atoms with Crippen LogP contribution in [0, 0.1) is 12.3 Å². The van der Waals surface area contributed by atoms with Crippen molar-refractivity contribution in [2.24, 2.45) is 11.1 Å². The number of nitrogens with zero attached hydrogens (tertiary/aromatic N) is 1. The molecule has 1 aromatic heterocycles. The van der Waals surface area contributed by atoms with E-state index >= 15 is 0 Å². The Kier molecular flexibility index (Phi) is 4.31. The lowest BCUT2D eigenvalue weighted by atomic mass is 9.87. The van der Waals surface area contributed by atoms with E-state index in [1.807, 2.05) is 0 Å². The summed E-state index contributed by atoms with van der Waals surface area (Å²) in [7, 11) is 0. The Bertz CT molecular complexity index is 537.